The SMILES string of the molecule is Fc1cc2nc3c(n2cc1Br)[C@@H](c1ccccc1OC(F)F)C[C@H]3OCc1cccnc1. The molecule has 0 N–H and O–H groups in total. The van der Waals surface area contributed by atoms with Gasteiger partial charge in [-0.2, -0.15) is 8.78 Å². The predicted molar refractivity (Wildman–Crippen MR) is 114 cm³/mol. The highest BCUT2D eigenvalue weighted by Crippen LogP contribution is 2.48. The Labute approximate surface area is 190 Å². The van der Waals surface area contributed by atoms with Crippen LogP contribution in [0, 0.1) is 5.82 Å². The molecule has 1 aromatic carbocycles. The van der Waals surface area contributed by atoms with Gasteiger partial charge in [-0.05, 0) is 40.0 Å². The van der Waals surface area contributed by atoms with Crippen LogP contribution in [0.1, 0.15) is 41.0 Å². The van der Waals surface area contributed by atoms with Gasteiger partial charge in [0.1, 0.15) is 23.3 Å². The van der Waals surface area contributed by atoms with Crippen LogP contribution in [0.25, 0.3) is 5.65 Å². The van der Waals surface area contributed by atoms with Crippen molar-refractivity contribution in [3.05, 3.63) is 93.9 Å². The van der Waals surface area contributed by atoms with E-state index in [0.29, 0.717) is 29.9 Å². The van der Waals surface area contributed by atoms with E-state index in [2.05, 4.69) is 25.9 Å². The molecule has 3 heterocycles. The lowest BCUT2D eigenvalue weighted by atomic mass is 9.95. The largest absolute Gasteiger partial charge is 0.435 e. The molecule has 0 radical (unpaired) electrons. The molecule has 0 amide bonds. The standard InChI is InChI=1S/C23H17BrF3N3O2/c24-16-11-30-20(9-17(16)25)29-21-19(31-12-13-4-3-7-28-10-13)8-15(22(21)30)14-5-1-2-6-18(14)32-23(26)27/h1-7,9-11,15,19,23H,8,12H2/t15-,19-/m1/s1. The van der Waals surface area contributed by atoms with E-state index in [9.17, 15) is 13.2 Å². The zero-order valence-electron chi connectivity index (χ0n) is 16.6. The van der Waals surface area contributed by atoms with Gasteiger partial charge in [-0.1, -0.05) is 24.3 Å². The van der Waals surface area contributed by atoms with E-state index < -0.39 is 18.5 Å². The topological polar surface area (TPSA) is 48.7 Å². The second kappa shape index (κ2) is 8.55. The van der Waals surface area contributed by atoms with Crippen molar-refractivity contribution in [3.63, 3.8) is 0 Å². The van der Waals surface area contributed by atoms with Crippen molar-refractivity contribution >= 4 is 21.6 Å². The summed E-state index contributed by atoms with van der Waals surface area (Å²) in [6.45, 7) is -2.63. The first-order valence-electron chi connectivity index (χ1n) is 9.92. The normalized spacial score (nSPS) is 17.8. The van der Waals surface area contributed by atoms with Crippen LogP contribution in [0.15, 0.2) is 65.5 Å². The first kappa shape index (κ1) is 21.0. The Hall–Kier alpha value is -2.91. The van der Waals surface area contributed by atoms with Crippen molar-refractivity contribution in [2.45, 2.75) is 31.7 Å². The summed E-state index contributed by atoms with van der Waals surface area (Å²) >= 11 is 3.22. The van der Waals surface area contributed by atoms with Gasteiger partial charge >= 0.3 is 6.61 Å². The average Bonchev–Trinajstić information content (AvgIpc) is 3.31. The van der Waals surface area contributed by atoms with Gasteiger partial charge in [0.25, 0.3) is 0 Å². The molecule has 0 saturated heterocycles. The minimum atomic E-state index is -2.94. The zero-order chi connectivity index (χ0) is 22.2. The van der Waals surface area contributed by atoms with Crippen molar-refractivity contribution in [3.8, 4) is 5.75 Å². The number of imidazole rings is 1. The Morgan fingerprint density at radius 2 is 2.03 bits per heavy atom. The molecule has 1 aliphatic rings. The zero-order valence-corrected chi connectivity index (χ0v) is 18.2. The van der Waals surface area contributed by atoms with E-state index in [1.165, 1.54) is 12.1 Å². The lowest BCUT2D eigenvalue weighted by molar-refractivity contribution is -0.0506. The Kier molecular flexibility index (Phi) is 5.60. The first-order valence-corrected chi connectivity index (χ1v) is 10.7. The Bertz CT molecular complexity index is 1270. The van der Waals surface area contributed by atoms with E-state index in [-0.39, 0.29) is 16.1 Å². The number of fused-ring (bicyclic) bond motifs is 3. The van der Waals surface area contributed by atoms with Crippen LogP contribution in [0.4, 0.5) is 13.2 Å². The quantitative estimate of drug-likeness (QED) is 0.322. The van der Waals surface area contributed by atoms with Gasteiger partial charge < -0.3 is 13.9 Å². The molecule has 4 aromatic rings. The fourth-order valence-corrected chi connectivity index (χ4v) is 4.49. The number of hydrogen-bond acceptors (Lipinski definition) is 4. The summed E-state index contributed by atoms with van der Waals surface area (Å²) in [6, 6.07) is 11.8. The summed E-state index contributed by atoms with van der Waals surface area (Å²) in [7, 11) is 0. The highest BCUT2D eigenvalue weighted by atomic mass is 79.9. The van der Waals surface area contributed by atoms with Gasteiger partial charge in [0.15, 0.2) is 0 Å². The minimum absolute atomic E-state index is 0.0995. The molecular weight excluding hydrogens is 487 g/mol. The molecule has 0 bridgehead atoms. The molecule has 0 unspecified atom stereocenters. The fraction of sp³-hybridized carbons (Fsp3) is 0.217. The number of nitrogens with zero attached hydrogens (tertiary/aromatic N) is 3. The number of halogens is 4. The molecule has 0 fully saturated rings. The highest BCUT2D eigenvalue weighted by molar-refractivity contribution is 9.10. The van der Waals surface area contributed by atoms with Crippen LogP contribution in [-0.4, -0.2) is 21.0 Å². The number of para-hydroxylation sites is 1. The first-order chi connectivity index (χ1) is 15.5. The molecule has 0 aliphatic heterocycles. The van der Waals surface area contributed by atoms with E-state index in [0.717, 1.165) is 11.3 Å². The average molecular weight is 504 g/mol. The Balaban J connectivity index is 1.58. The van der Waals surface area contributed by atoms with Gasteiger partial charge in [0.05, 0.1) is 22.5 Å². The summed E-state index contributed by atoms with van der Waals surface area (Å²) in [4.78, 5) is 8.72. The smallest absolute Gasteiger partial charge is 0.387 e. The van der Waals surface area contributed by atoms with Crippen molar-refractivity contribution in [1.82, 2.24) is 14.4 Å². The van der Waals surface area contributed by atoms with E-state index in [1.807, 2.05) is 12.1 Å². The fourth-order valence-electron chi connectivity index (χ4n) is 4.17. The number of benzene rings is 1. The summed E-state index contributed by atoms with van der Waals surface area (Å²) < 4.78 is 53.3. The Morgan fingerprint density at radius 1 is 1.19 bits per heavy atom. The third kappa shape index (κ3) is 3.86. The maximum Gasteiger partial charge on any atom is 0.387 e. The molecule has 1 aliphatic carbocycles. The molecule has 32 heavy (non-hydrogen) atoms. The van der Waals surface area contributed by atoms with Crippen molar-refractivity contribution in [1.29, 1.82) is 0 Å². The van der Waals surface area contributed by atoms with E-state index in [1.54, 1.807) is 41.2 Å². The lowest BCUT2D eigenvalue weighted by Gasteiger charge is -2.18. The summed E-state index contributed by atoms with van der Waals surface area (Å²) in [5, 5.41) is 0. The lowest BCUT2D eigenvalue weighted by Crippen LogP contribution is -2.09. The summed E-state index contributed by atoms with van der Waals surface area (Å²) in [5.74, 6) is -0.666. The molecule has 2 atom stereocenters. The third-order valence-corrected chi connectivity index (χ3v) is 6.08. The number of rotatable bonds is 6. The third-order valence-electron chi connectivity index (χ3n) is 5.50. The van der Waals surface area contributed by atoms with Gasteiger partial charge in [0, 0.05) is 36.1 Å². The molecule has 164 valence electrons. The predicted octanol–water partition coefficient (Wildman–Crippen LogP) is 6.03. The van der Waals surface area contributed by atoms with Crippen molar-refractivity contribution in [2.75, 3.05) is 0 Å². The maximum atomic E-state index is 14.2. The second-order valence-electron chi connectivity index (χ2n) is 7.45. The second-order valence-corrected chi connectivity index (χ2v) is 8.30. The number of alkyl halides is 2. The van der Waals surface area contributed by atoms with Gasteiger partial charge in [0.2, 0.25) is 0 Å². The van der Waals surface area contributed by atoms with Crippen LogP contribution in [0.3, 0.4) is 0 Å². The van der Waals surface area contributed by atoms with Gasteiger partial charge in [-0.15, -0.1) is 0 Å². The summed E-state index contributed by atoms with van der Waals surface area (Å²) in [5.41, 5.74) is 3.34. The molecule has 9 heteroatoms. The maximum absolute atomic E-state index is 14.2. The van der Waals surface area contributed by atoms with Crippen LogP contribution >= 0.6 is 15.9 Å². The monoisotopic (exact) mass is 503 g/mol. The minimum Gasteiger partial charge on any atom is -0.435 e. The van der Waals surface area contributed by atoms with E-state index >= 15 is 0 Å². The van der Waals surface area contributed by atoms with Crippen LogP contribution in [-0.2, 0) is 11.3 Å². The molecular formula is C23H17BrF3N3O2. The molecule has 0 spiro atoms. The van der Waals surface area contributed by atoms with Crippen LogP contribution in [0.2, 0.25) is 0 Å². The molecule has 5 rings (SSSR count). The van der Waals surface area contributed by atoms with Crippen molar-refractivity contribution < 1.29 is 22.6 Å². The molecule has 5 nitrogen and oxygen atoms in total. The number of ether oxygens (including phenoxy) is 2. The van der Waals surface area contributed by atoms with Crippen molar-refractivity contribution in [2.24, 2.45) is 0 Å². The van der Waals surface area contributed by atoms with Gasteiger partial charge in [-0.25, -0.2) is 9.37 Å². The van der Waals surface area contributed by atoms with E-state index in [4.69, 9.17) is 9.47 Å². The highest BCUT2D eigenvalue weighted by Gasteiger charge is 2.39. The number of aromatic nitrogens is 3. The summed E-state index contributed by atoms with van der Waals surface area (Å²) in [6.07, 6.45) is 5.08. The van der Waals surface area contributed by atoms with Crippen LogP contribution in [0.5, 0.6) is 5.75 Å². The van der Waals surface area contributed by atoms with Crippen LogP contribution < -0.4 is 4.74 Å². The Morgan fingerprint density at radius 3 is 2.81 bits per heavy atom. The van der Waals surface area contributed by atoms with Gasteiger partial charge in [-0.3, -0.25) is 4.98 Å². The number of pyridine rings is 2. The molecule has 0 saturated carbocycles. The molecule has 3 aromatic heterocycles. The number of hydrogen-bond donors (Lipinski definition) is 0.